The molecular formula is C15H18N4. The fourth-order valence-electron chi connectivity index (χ4n) is 2.54. The first kappa shape index (κ1) is 12.0. The molecule has 0 atom stereocenters. The molecule has 19 heavy (non-hydrogen) atoms. The molecule has 0 saturated heterocycles. The first-order chi connectivity index (χ1) is 9.31. The van der Waals surface area contributed by atoms with Gasteiger partial charge in [-0.3, -0.25) is 0 Å². The van der Waals surface area contributed by atoms with Crippen LogP contribution in [-0.2, 0) is 0 Å². The Morgan fingerprint density at radius 1 is 1.05 bits per heavy atom. The third-order valence-corrected chi connectivity index (χ3v) is 3.49. The lowest BCUT2D eigenvalue weighted by molar-refractivity contribution is 0.750. The molecule has 98 valence electrons. The van der Waals surface area contributed by atoms with E-state index < -0.39 is 0 Å². The van der Waals surface area contributed by atoms with Crippen LogP contribution < -0.4 is 11.1 Å². The fourth-order valence-corrected chi connectivity index (χ4v) is 2.54. The number of rotatable bonds is 3. The van der Waals surface area contributed by atoms with Gasteiger partial charge in [-0.25, -0.2) is 9.97 Å². The van der Waals surface area contributed by atoms with E-state index in [0.29, 0.717) is 17.7 Å². The Morgan fingerprint density at radius 3 is 2.53 bits per heavy atom. The molecule has 0 radical (unpaired) electrons. The average Bonchev–Trinajstić information content (AvgIpc) is 2.92. The molecule has 1 aromatic carbocycles. The van der Waals surface area contributed by atoms with E-state index in [1.165, 1.54) is 25.7 Å². The normalized spacial score (nSPS) is 15.6. The highest BCUT2D eigenvalue weighted by Gasteiger charge is 2.15. The number of nitrogens with one attached hydrogen (secondary N) is 1. The average molecular weight is 254 g/mol. The van der Waals surface area contributed by atoms with Gasteiger partial charge in [-0.2, -0.15) is 0 Å². The number of hydrogen-bond donors (Lipinski definition) is 2. The predicted molar refractivity (Wildman–Crippen MR) is 77.8 cm³/mol. The quantitative estimate of drug-likeness (QED) is 0.883. The predicted octanol–water partition coefficient (Wildman–Crippen LogP) is 3.08. The Bertz CT molecular complexity index is 547. The number of benzene rings is 1. The summed E-state index contributed by atoms with van der Waals surface area (Å²) in [5.41, 5.74) is 6.87. The summed E-state index contributed by atoms with van der Waals surface area (Å²) in [5.74, 6) is 2.02. The molecule has 2 aromatic rings. The molecule has 1 aliphatic rings. The summed E-state index contributed by atoms with van der Waals surface area (Å²) in [6, 6.07) is 12.3. The van der Waals surface area contributed by atoms with Crippen molar-refractivity contribution in [2.24, 2.45) is 0 Å². The zero-order valence-electron chi connectivity index (χ0n) is 10.8. The standard InChI is InChI=1S/C15H18N4/c16-13-10-14(17-12-8-4-5-9-12)19-15(18-13)11-6-2-1-3-7-11/h1-3,6-7,10,12H,4-5,8-9H2,(H3,16,17,18,19). The van der Waals surface area contributed by atoms with Crippen molar-refractivity contribution in [1.82, 2.24) is 9.97 Å². The molecule has 1 aliphatic carbocycles. The molecule has 1 saturated carbocycles. The second-order valence-electron chi connectivity index (χ2n) is 4.99. The zero-order chi connectivity index (χ0) is 13.1. The molecule has 0 amide bonds. The van der Waals surface area contributed by atoms with Crippen molar-refractivity contribution in [3.05, 3.63) is 36.4 Å². The smallest absolute Gasteiger partial charge is 0.163 e. The van der Waals surface area contributed by atoms with E-state index >= 15 is 0 Å². The molecule has 4 heteroatoms. The van der Waals surface area contributed by atoms with Gasteiger partial charge < -0.3 is 11.1 Å². The molecule has 0 unspecified atom stereocenters. The Hall–Kier alpha value is -2.10. The minimum atomic E-state index is 0.509. The van der Waals surface area contributed by atoms with Gasteiger partial charge in [0.05, 0.1) is 0 Å². The van der Waals surface area contributed by atoms with Crippen molar-refractivity contribution in [2.45, 2.75) is 31.7 Å². The van der Waals surface area contributed by atoms with E-state index in [2.05, 4.69) is 15.3 Å². The summed E-state index contributed by atoms with van der Waals surface area (Å²) in [6.07, 6.45) is 5.02. The number of nitrogens with zero attached hydrogens (tertiary/aromatic N) is 2. The molecule has 0 aliphatic heterocycles. The molecule has 1 aromatic heterocycles. The highest BCUT2D eigenvalue weighted by molar-refractivity contribution is 5.60. The third kappa shape index (κ3) is 2.84. The van der Waals surface area contributed by atoms with E-state index in [1.54, 1.807) is 0 Å². The third-order valence-electron chi connectivity index (χ3n) is 3.49. The molecule has 3 rings (SSSR count). The summed E-state index contributed by atoms with van der Waals surface area (Å²) in [7, 11) is 0. The molecule has 4 nitrogen and oxygen atoms in total. The van der Waals surface area contributed by atoms with Gasteiger partial charge in [0.15, 0.2) is 5.82 Å². The van der Waals surface area contributed by atoms with Crippen LogP contribution in [0.1, 0.15) is 25.7 Å². The number of hydrogen-bond acceptors (Lipinski definition) is 4. The Balaban J connectivity index is 1.87. The van der Waals surface area contributed by atoms with Crippen LogP contribution in [0.2, 0.25) is 0 Å². The maximum atomic E-state index is 5.88. The van der Waals surface area contributed by atoms with E-state index in [-0.39, 0.29) is 0 Å². The summed E-state index contributed by atoms with van der Waals surface area (Å²) in [6.45, 7) is 0. The van der Waals surface area contributed by atoms with Crippen LogP contribution >= 0.6 is 0 Å². The topological polar surface area (TPSA) is 63.8 Å². The highest BCUT2D eigenvalue weighted by atomic mass is 15.1. The summed E-state index contributed by atoms with van der Waals surface area (Å²) in [4.78, 5) is 8.87. The van der Waals surface area contributed by atoms with Gasteiger partial charge >= 0.3 is 0 Å². The van der Waals surface area contributed by atoms with E-state index in [1.807, 2.05) is 36.4 Å². The zero-order valence-corrected chi connectivity index (χ0v) is 10.8. The Morgan fingerprint density at radius 2 is 1.79 bits per heavy atom. The lowest BCUT2D eigenvalue weighted by Crippen LogP contribution is -2.16. The number of anilines is 2. The lowest BCUT2D eigenvalue weighted by atomic mass is 10.2. The molecular weight excluding hydrogens is 236 g/mol. The van der Waals surface area contributed by atoms with Crippen molar-refractivity contribution in [3.63, 3.8) is 0 Å². The van der Waals surface area contributed by atoms with E-state index in [0.717, 1.165) is 11.4 Å². The monoisotopic (exact) mass is 254 g/mol. The van der Waals surface area contributed by atoms with Crippen molar-refractivity contribution >= 4 is 11.6 Å². The number of nitrogen functional groups attached to an aromatic ring is 1. The Labute approximate surface area is 113 Å². The van der Waals surface area contributed by atoms with Crippen molar-refractivity contribution in [3.8, 4) is 11.4 Å². The van der Waals surface area contributed by atoms with Crippen LogP contribution in [0.4, 0.5) is 11.6 Å². The van der Waals surface area contributed by atoms with Gasteiger partial charge in [0.1, 0.15) is 11.6 Å². The summed E-state index contributed by atoms with van der Waals surface area (Å²) in [5, 5.41) is 3.46. The molecule has 1 fully saturated rings. The van der Waals surface area contributed by atoms with Gasteiger partial charge in [-0.15, -0.1) is 0 Å². The van der Waals surface area contributed by atoms with Crippen molar-refractivity contribution in [2.75, 3.05) is 11.1 Å². The second kappa shape index (κ2) is 5.26. The molecule has 3 N–H and O–H groups in total. The van der Waals surface area contributed by atoms with Crippen LogP contribution in [0.15, 0.2) is 36.4 Å². The molecule has 1 heterocycles. The SMILES string of the molecule is Nc1cc(NC2CCCC2)nc(-c2ccccc2)n1. The van der Waals surface area contributed by atoms with E-state index in [9.17, 15) is 0 Å². The first-order valence-electron chi connectivity index (χ1n) is 6.78. The highest BCUT2D eigenvalue weighted by Crippen LogP contribution is 2.24. The van der Waals surface area contributed by atoms with Crippen LogP contribution in [-0.4, -0.2) is 16.0 Å². The van der Waals surface area contributed by atoms with Crippen LogP contribution in [0, 0.1) is 0 Å². The van der Waals surface area contributed by atoms with E-state index in [4.69, 9.17) is 5.73 Å². The van der Waals surface area contributed by atoms with Crippen LogP contribution in [0.5, 0.6) is 0 Å². The van der Waals surface area contributed by atoms with Gasteiger partial charge in [0.2, 0.25) is 0 Å². The number of aromatic nitrogens is 2. The number of nitrogens with two attached hydrogens (primary N) is 1. The fraction of sp³-hybridized carbons (Fsp3) is 0.333. The lowest BCUT2D eigenvalue weighted by Gasteiger charge is -2.13. The first-order valence-corrected chi connectivity index (χ1v) is 6.78. The summed E-state index contributed by atoms with van der Waals surface area (Å²) < 4.78 is 0. The van der Waals surface area contributed by atoms with Gasteiger partial charge in [-0.1, -0.05) is 43.2 Å². The van der Waals surface area contributed by atoms with Crippen molar-refractivity contribution in [1.29, 1.82) is 0 Å². The minimum Gasteiger partial charge on any atom is -0.384 e. The molecule has 0 bridgehead atoms. The maximum absolute atomic E-state index is 5.88. The second-order valence-corrected chi connectivity index (χ2v) is 4.99. The van der Waals surface area contributed by atoms with Gasteiger partial charge in [-0.05, 0) is 12.8 Å². The maximum Gasteiger partial charge on any atom is 0.163 e. The van der Waals surface area contributed by atoms with Gasteiger partial charge in [0.25, 0.3) is 0 Å². The molecule has 0 spiro atoms. The van der Waals surface area contributed by atoms with Crippen LogP contribution in [0.3, 0.4) is 0 Å². The van der Waals surface area contributed by atoms with Gasteiger partial charge in [0, 0.05) is 17.7 Å². The largest absolute Gasteiger partial charge is 0.384 e. The summed E-state index contributed by atoms with van der Waals surface area (Å²) >= 11 is 0. The van der Waals surface area contributed by atoms with Crippen LogP contribution in [0.25, 0.3) is 11.4 Å². The minimum absolute atomic E-state index is 0.509. The Kier molecular flexibility index (Phi) is 3.31. The van der Waals surface area contributed by atoms with Crippen molar-refractivity contribution < 1.29 is 0 Å².